The average molecular weight is 255 g/mol. The number of ether oxygens (including phenoxy) is 1. The topological polar surface area (TPSA) is 26.3 Å². The molecule has 0 aliphatic carbocycles. The maximum absolute atomic E-state index is 11.1. The SMILES string of the molecule is CCOC(=O)c1ccc(Br)cc1.[H-].[H-].[Mg+2]. The van der Waals surface area contributed by atoms with Crippen LogP contribution < -0.4 is 0 Å². The Balaban J connectivity index is -0.000000480. The molecule has 0 atom stereocenters. The molecule has 1 aromatic rings. The molecule has 0 aromatic heterocycles. The van der Waals surface area contributed by atoms with E-state index in [9.17, 15) is 4.79 Å². The summed E-state index contributed by atoms with van der Waals surface area (Å²) in [6.07, 6.45) is 0. The first-order chi connectivity index (χ1) is 5.74. The Morgan fingerprint density at radius 3 is 2.46 bits per heavy atom. The van der Waals surface area contributed by atoms with Crippen molar-refractivity contribution in [2.75, 3.05) is 6.61 Å². The Morgan fingerprint density at radius 2 is 2.00 bits per heavy atom. The predicted molar refractivity (Wildman–Crippen MR) is 58.1 cm³/mol. The molecule has 0 radical (unpaired) electrons. The van der Waals surface area contributed by atoms with E-state index >= 15 is 0 Å². The van der Waals surface area contributed by atoms with Gasteiger partial charge in [-0.3, -0.25) is 0 Å². The van der Waals surface area contributed by atoms with Crippen LogP contribution in [-0.4, -0.2) is 35.6 Å². The van der Waals surface area contributed by atoms with Gasteiger partial charge >= 0.3 is 29.0 Å². The Bertz CT molecular complexity index is 280. The molecule has 0 bridgehead atoms. The first-order valence-corrected chi connectivity index (χ1v) is 4.46. The van der Waals surface area contributed by atoms with Crippen molar-refractivity contribution in [2.24, 2.45) is 0 Å². The van der Waals surface area contributed by atoms with Crippen molar-refractivity contribution in [2.45, 2.75) is 6.92 Å². The summed E-state index contributed by atoms with van der Waals surface area (Å²) in [5.41, 5.74) is 0.583. The molecule has 0 aliphatic heterocycles. The fourth-order valence-electron chi connectivity index (χ4n) is 0.800. The van der Waals surface area contributed by atoms with E-state index in [1.807, 2.05) is 12.1 Å². The summed E-state index contributed by atoms with van der Waals surface area (Å²) in [7, 11) is 0. The number of rotatable bonds is 2. The number of esters is 1. The van der Waals surface area contributed by atoms with Crippen molar-refractivity contribution in [1.82, 2.24) is 0 Å². The quantitative estimate of drug-likeness (QED) is 0.599. The molecule has 13 heavy (non-hydrogen) atoms. The Labute approximate surface area is 105 Å². The third kappa shape index (κ3) is 4.11. The van der Waals surface area contributed by atoms with E-state index in [1.54, 1.807) is 19.1 Å². The number of hydrogen-bond acceptors (Lipinski definition) is 2. The summed E-state index contributed by atoms with van der Waals surface area (Å²) in [4.78, 5) is 11.1. The molecule has 4 heteroatoms. The first kappa shape index (κ1) is 12.9. The van der Waals surface area contributed by atoms with Gasteiger partial charge in [0, 0.05) is 4.47 Å². The van der Waals surface area contributed by atoms with Gasteiger partial charge in [-0.05, 0) is 31.2 Å². The summed E-state index contributed by atoms with van der Waals surface area (Å²) in [6.45, 7) is 2.20. The molecule has 0 saturated carbocycles. The fraction of sp³-hybridized carbons (Fsp3) is 0.222. The molecular weight excluding hydrogens is 244 g/mol. The zero-order valence-corrected chi connectivity index (χ0v) is 10.4. The zero-order chi connectivity index (χ0) is 8.97. The Hall–Kier alpha value is -0.0638. The van der Waals surface area contributed by atoms with Gasteiger partial charge in [0.1, 0.15) is 0 Å². The third-order valence-electron chi connectivity index (χ3n) is 1.36. The largest absolute Gasteiger partial charge is 2.00 e. The van der Waals surface area contributed by atoms with Crippen molar-refractivity contribution in [3.8, 4) is 0 Å². The van der Waals surface area contributed by atoms with Crippen molar-refractivity contribution in [3.63, 3.8) is 0 Å². The van der Waals surface area contributed by atoms with E-state index < -0.39 is 0 Å². The molecule has 1 aromatic carbocycles. The minimum absolute atomic E-state index is 0. The van der Waals surface area contributed by atoms with Crippen LogP contribution in [0.2, 0.25) is 0 Å². The molecular formula is C9H11BrMgO2. The van der Waals surface area contributed by atoms with Crippen LogP contribution in [0.15, 0.2) is 28.7 Å². The summed E-state index contributed by atoms with van der Waals surface area (Å²) in [5.74, 6) is -0.273. The van der Waals surface area contributed by atoms with Gasteiger partial charge in [-0.15, -0.1) is 0 Å². The van der Waals surface area contributed by atoms with Crippen LogP contribution in [-0.2, 0) is 4.74 Å². The van der Waals surface area contributed by atoms with E-state index in [4.69, 9.17) is 4.74 Å². The van der Waals surface area contributed by atoms with Crippen LogP contribution in [0.3, 0.4) is 0 Å². The number of hydrogen-bond donors (Lipinski definition) is 0. The van der Waals surface area contributed by atoms with Crippen molar-refractivity contribution in [3.05, 3.63) is 34.3 Å². The van der Waals surface area contributed by atoms with Crippen LogP contribution in [0.4, 0.5) is 0 Å². The molecule has 0 saturated heterocycles. The van der Waals surface area contributed by atoms with Gasteiger partial charge in [-0.25, -0.2) is 4.79 Å². The van der Waals surface area contributed by atoms with E-state index in [0.29, 0.717) is 12.2 Å². The predicted octanol–water partition coefficient (Wildman–Crippen LogP) is 2.47. The minimum atomic E-state index is -0.273. The molecule has 0 N–H and O–H groups in total. The molecule has 0 heterocycles. The molecule has 0 fully saturated rings. The number of carbonyl (C=O) groups is 1. The van der Waals surface area contributed by atoms with Crippen LogP contribution in [0, 0.1) is 0 Å². The molecule has 2 nitrogen and oxygen atoms in total. The standard InChI is InChI=1S/C9H9BrO2.Mg.2H/c1-2-12-9(11)7-3-5-8(10)6-4-7;;;/h3-6H,2H2,1H3;;;/q;+2;2*-1. The van der Waals surface area contributed by atoms with Crippen LogP contribution >= 0.6 is 15.9 Å². The van der Waals surface area contributed by atoms with Gasteiger partial charge in [0.15, 0.2) is 0 Å². The van der Waals surface area contributed by atoms with Gasteiger partial charge in [0.05, 0.1) is 12.2 Å². The monoisotopic (exact) mass is 254 g/mol. The molecule has 0 spiro atoms. The van der Waals surface area contributed by atoms with Gasteiger partial charge in [-0.1, -0.05) is 15.9 Å². The van der Waals surface area contributed by atoms with Gasteiger partial charge in [0.25, 0.3) is 0 Å². The third-order valence-corrected chi connectivity index (χ3v) is 1.88. The van der Waals surface area contributed by atoms with E-state index in [0.717, 1.165) is 4.47 Å². The number of benzene rings is 1. The molecule has 68 valence electrons. The van der Waals surface area contributed by atoms with Gasteiger partial charge < -0.3 is 7.59 Å². The second kappa shape index (κ2) is 6.40. The summed E-state index contributed by atoms with van der Waals surface area (Å²) in [5, 5.41) is 0. The van der Waals surface area contributed by atoms with Gasteiger partial charge in [0.2, 0.25) is 0 Å². The molecule has 0 amide bonds. The van der Waals surface area contributed by atoms with E-state index in [2.05, 4.69) is 15.9 Å². The van der Waals surface area contributed by atoms with Crippen molar-refractivity contribution in [1.29, 1.82) is 0 Å². The average Bonchev–Trinajstić information content (AvgIpc) is 2.06. The number of carbonyl (C=O) groups excluding carboxylic acids is 1. The van der Waals surface area contributed by atoms with E-state index in [1.165, 1.54) is 0 Å². The molecule has 0 unspecified atom stereocenters. The number of halogens is 1. The fourth-order valence-corrected chi connectivity index (χ4v) is 1.06. The summed E-state index contributed by atoms with van der Waals surface area (Å²) >= 11 is 3.28. The van der Waals surface area contributed by atoms with Gasteiger partial charge in [-0.2, -0.15) is 0 Å². The zero-order valence-electron chi connectivity index (χ0n) is 9.42. The van der Waals surface area contributed by atoms with Crippen LogP contribution in [0.5, 0.6) is 0 Å². The van der Waals surface area contributed by atoms with E-state index in [-0.39, 0.29) is 31.9 Å². The van der Waals surface area contributed by atoms with Crippen molar-refractivity contribution >= 4 is 45.0 Å². The second-order valence-electron chi connectivity index (χ2n) is 2.23. The van der Waals surface area contributed by atoms with Crippen molar-refractivity contribution < 1.29 is 12.4 Å². The minimum Gasteiger partial charge on any atom is -1.00 e. The normalized spacial score (nSPS) is 8.77. The molecule has 1 rings (SSSR count). The second-order valence-corrected chi connectivity index (χ2v) is 3.14. The Kier molecular flexibility index (Phi) is 6.37. The summed E-state index contributed by atoms with van der Waals surface area (Å²) in [6, 6.07) is 7.07. The van der Waals surface area contributed by atoms with Crippen LogP contribution in [0.25, 0.3) is 0 Å². The molecule has 0 aliphatic rings. The first-order valence-electron chi connectivity index (χ1n) is 3.66. The Morgan fingerprint density at radius 1 is 1.46 bits per heavy atom. The summed E-state index contributed by atoms with van der Waals surface area (Å²) < 4.78 is 5.77. The maximum atomic E-state index is 11.1. The maximum Gasteiger partial charge on any atom is 2.00 e. The smallest absolute Gasteiger partial charge is 1.00 e. The van der Waals surface area contributed by atoms with Crippen LogP contribution in [0.1, 0.15) is 20.1 Å².